The van der Waals surface area contributed by atoms with Gasteiger partial charge in [0.05, 0.1) is 36.6 Å². The maximum atomic E-state index is 11.6. The lowest BCUT2D eigenvalue weighted by atomic mass is 9.68. The highest BCUT2D eigenvalue weighted by Crippen LogP contribution is 2.59. The second kappa shape index (κ2) is 6.06. The SMILES string of the molecule is COC1C(OS(C)(=O)=O)CCC2(CO2)C1C1(C)OC1CC=C(C)C. The largest absolute Gasteiger partial charge is 0.378 e. The fraction of sp³-hybridized carbons (Fsp3) is 0.882. The van der Waals surface area contributed by atoms with Crippen molar-refractivity contribution in [3.05, 3.63) is 11.6 Å². The van der Waals surface area contributed by atoms with E-state index in [0.717, 1.165) is 19.1 Å². The topological polar surface area (TPSA) is 77.7 Å². The zero-order valence-corrected chi connectivity index (χ0v) is 15.9. The molecule has 0 amide bonds. The Kier molecular flexibility index (Phi) is 4.62. The molecule has 3 aliphatic rings. The van der Waals surface area contributed by atoms with Gasteiger partial charge in [-0.2, -0.15) is 8.42 Å². The second-order valence-electron chi connectivity index (χ2n) is 7.72. The van der Waals surface area contributed by atoms with Crippen molar-refractivity contribution in [2.75, 3.05) is 20.0 Å². The normalized spacial score (nSPS) is 44.4. The first-order valence-electron chi connectivity index (χ1n) is 8.47. The van der Waals surface area contributed by atoms with Crippen molar-refractivity contribution >= 4 is 10.1 Å². The molecule has 0 aromatic heterocycles. The minimum atomic E-state index is -3.54. The smallest absolute Gasteiger partial charge is 0.264 e. The molecule has 7 heteroatoms. The molecule has 1 saturated carbocycles. The molecule has 0 radical (unpaired) electrons. The van der Waals surface area contributed by atoms with E-state index in [-0.39, 0.29) is 29.3 Å². The van der Waals surface area contributed by atoms with E-state index < -0.39 is 16.2 Å². The van der Waals surface area contributed by atoms with Crippen LogP contribution in [-0.4, -0.2) is 57.9 Å². The van der Waals surface area contributed by atoms with Crippen LogP contribution in [0.3, 0.4) is 0 Å². The molecule has 0 aromatic carbocycles. The summed E-state index contributed by atoms with van der Waals surface area (Å²) in [5.74, 6) is -0.0361. The highest BCUT2D eigenvalue weighted by atomic mass is 32.2. The number of ether oxygens (including phenoxy) is 3. The van der Waals surface area contributed by atoms with Crippen molar-refractivity contribution in [2.45, 2.75) is 69.5 Å². The first-order chi connectivity index (χ1) is 11.1. The number of methoxy groups -OCH3 is 1. The molecule has 138 valence electrons. The van der Waals surface area contributed by atoms with Crippen LogP contribution in [-0.2, 0) is 28.5 Å². The molecule has 24 heavy (non-hydrogen) atoms. The Morgan fingerprint density at radius 2 is 2.04 bits per heavy atom. The molecule has 2 heterocycles. The summed E-state index contributed by atoms with van der Waals surface area (Å²) < 4.78 is 46.1. The average Bonchev–Trinajstić information content (AvgIpc) is 3.36. The van der Waals surface area contributed by atoms with Gasteiger partial charge in [-0.25, -0.2) is 0 Å². The Labute approximate surface area is 144 Å². The van der Waals surface area contributed by atoms with Crippen molar-refractivity contribution < 1.29 is 26.8 Å². The van der Waals surface area contributed by atoms with Crippen LogP contribution in [0.1, 0.15) is 40.0 Å². The van der Waals surface area contributed by atoms with Gasteiger partial charge in [0, 0.05) is 7.11 Å². The summed E-state index contributed by atoms with van der Waals surface area (Å²) in [6.07, 6.45) is 4.73. The monoisotopic (exact) mass is 360 g/mol. The van der Waals surface area contributed by atoms with Crippen molar-refractivity contribution in [1.82, 2.24) is 0 Å². The van der Waals surface area contributed by atoms with E-state index in [2.05, 4.69) is 26.8 Å². The average molecular weight is 360 g/mol. The van der Waals surface area contributed by atoms with E-state index in [0.29, 0.717) is 13.0 Å². The Morgan fingerprint density at radius 3 is 2.54 bits per heavy atom. The van der Waals surface area contributed by atoms with Gasteiger partial charge < -0.3 is 14.2 Å². The molecule has 2 saturated heterocycles. The fourth-order valence-corrected chi connectivity index (χ4v) is 4.93. The molecule has 0 aromatic rings. The van der Waals surface area contributed by atoms with E-state index in [1.54, 1.807) is 7.11 Å². The molecule has 6 nitrogen and oxygen atoms in total. The fourth-order valence-electron chi connectivity index (χ4n) is 4.27. The Bertz CT molecular complexity index is 619. The quantitative estimate of drug-likeness (QED) is 0.410. The molecular weight excluding hydrogens is 332 g/mol. The Morgan fingerprint density at radius 1 is 1.38 bits per heavy atom. The third-order valence-corrected chi connectivity index (χ3v) is 6.13. The summed E-state index contributed by atoms with van der Waals surface area (Å²) in [4.78, 5) is 0. The van der Waals surface area contributed by atoms with Crippen LogP contribution in [0.4, 0.5) is 0 Å². The minimum Gasteiger partial charge on any atom is -0.378 e. The number of hydrogen-bond acceptors (Lipinski definition) is 6. The first-order valence-corrected chi connectivity index (χ1v) is 10.3. The molecule has 3 rings (SSSR count). The van der Waals surface area contributed by atoms with Gasteiger partial charge in [-0.05, 0) is 40.0 Å². The Balaban J connectivity index is 1.82. The lowest BCUT2D eigenvalue weighted by Gasteiger charge is -2.42. The molecule has 1 spiro atoms. The summed E-state index contributed by atoms with van der Waals surface area (Å²) in [6, 6.07) is 0. The van der Waals surface area contributed by atoms with Crippen molar-refractivity contribution in [2.24, 2.45) is 5.92 Å². The molecule has 0 bridgehead atoms. The molecule has 1 aliphatic carbocycles. The zero-order chi connectivity index (χ0) is 17.8. The van der Waals surface area contributed by atoms with Crippen LogP contribution in [0.5, 0.6) is 0 Å². The van der Waals surface area contributed by atoms with E-state index >= 15 is 0 Å². The summed E-state index contributed by atoms with van der Waals surface area (Å²) in [6.45, 7) is 6.90. The van der Waals surface area contributed by atoms with Gasteiger partial charge in [0.15, 0.2) is 0 Å². The maximum Gasteiger partial charge on any atom is 0.264 e. The number of rotatable bonds is 6. The van der Waals surface area contributed by atoms with E-state index in [1.165, 1.54) is 5.57 Å². The van der Waals surface area contributed by atoms with Gasteiger partial charge in [-0.3, -0.25) is 4.18 Å². The number of epoxide rings is 2. The lowest BCUT2D eigenvalue weighted by molar-refractivity contribution is -0.105. The molecule has 0 N–H and O–H groups in total. The minimum absolute atomic E-state index is 0.0361. The molecule has 6 unspecified atom stereocenters. The van der Waals surface area contributed by atoms with Crippen LogP contribution < -0.4 is 0 Å². The first kappa shape index (κ1) is 18.3. The zero-order valence-electron chi connectivity index (χ0n) is 15.1. The summed E-state index contributed by atoms with van der Waals surface area (Å²) in [7, 11) is -1.93. The summed E-state index contributed by atoms with van der Waals surface area (Å²) in [5, 5.41) is 0. The second-order valence-corrected chi connectivity index (χ2v) is 9.32. The van der Waals surface area contributed by atoms with Crippen LogP contribution in [0.25, 0.3) is 0 Å². The Hall–Kier alpha value is -0.470. The summed E-state index contributed by atoms with van der Waals surface area (Å²) in [5.41, 5.74) is 0.630. The maximum absolute atomic E-state index is 11.6. The van der Waals surface area contributed by atoms with Crippen LogP contribution >= 0.6 is 0 Å². The van der Waals surface area contributed by atoms with Crippen molar-refractivity contribution in [3.63, 3.8) is 0 Å². The van der Waals surface area contributed by atoms with Crippen molar-refractivity contribution in [3.8, 4) is 0 Å². The third kappa shape index (κ3) is 3.42. The van der Waals surface area contributed by atoms with E-state index in [1.807, 2.05) is 0 Å². The van der Waals surface area contributed by atoms with E-state index in [4.69, 9.17) is 18.4 Å². The van der Waals surface area contributed by atoms with Gasteiger partial charge in [0.1, 0.15) is 11.7 Å². The van der Waals surface area contributed by atoms with Gasteiger partial charge in [0.25, 0.3) is 10.1 Å². The highest BCUT2D eigenvalue weighted by molar-refractivity contribution is 7.86. The van der Waals surface area contributed by atoms with Gasteiger partial charge in [-0.15, -0.1) is 0 Å². The standard InChI is InChI=1S/C17H28O6S/c1-11(2)6-7-13-16(3,22-13)15-14(20-4)12(23-24(5,18)19)8-9-17(15)10-21-17/h6,12-15H,7-10H2,1-5H3. The molecule has 6 atom stereocenters. The number of allylic oxidation sites excluding steroid dienone is 1. The number of hydrogen-bond donors (Lipinski definition) is 0. The predicted octanol–water partition coefficient (Wildman–Crippen LogP) is 2.04. The van der Waals surface area contributed by atoms with Gasteiger partial charge in [-0.1, -0.05) is 11.6 Å². The van der Waals surface area contributed by atoms with Gasteiger partial charge in [0.2, 0.25) is 0 Å². The summed E-state index contributed by atoms with van der Waals surface area (Å²) >= 11 is 0. The van der Waals surface area contributed by atoms with Gasteiger partial charge >= 0.3 is 0 Å². The van der Waals surface area contributed by atoms with Crippen LogP contribution in [0, 0.1) is 5.92 Å². The van der Waals surface area contributed by atoms with Crippen LogP contribution in [0.15, 0.2) is 11.6 Å². The molecule has 3 fully saturated rings. The van der Waals surface area contributed by atoms with Crippen molar-refractivity contribution in [1.29, 1.82) is 0 Å². The lowest BCUT2D eigenvalue weighted by Crippen LogP contribution is -2.55. The molecular formula is C17H28O6S. The highest BCUT2D eigenvalue weighted by Gasteiger charge is 2.72. The molecule has 2 aliphatic heterocycles. The third-order valence-electron chi connectivity index (χ3n) is 5.54. The predicted molar refractivity (Wildman–Crippen MR) is 89.2 cm³/mol. The van der Waals surface area contributed by atoms with E-state index in [9.17, 15) is 8.42 Å². The van der Waals surface area contributed by atoms with Crippen LogP contribution in [0.2, 0.25) is 0 Å².